The van der Waals surface area contributed by atoms with Crippen molar-refractivity contribution in [3.63, 3.8) is 0 Å². The molecule has 4 unspecified atom stereocenters. The highest BCUT2D eigenvalue weighted by Gasteiger charge is 2.40. The lowest BCUT2D eigenvalue weighted by Gasteiger charge is -2.41. The second-order valence-corrected chi connectivity index (χ2v) is 12.5. The number of benzene rings is 3. The van der Waals surface area contributed by atoms with Crippen LogP contribution in [0.1, 0.15) is 34.0 Å². The molecule has 0 bridgehead atoms. The van der Waals surface area contributed by atoms with Crippen molar-refractivity contribution in [2.24, 2.45) is 11.8 Å². The number of fused-ring (bicyclic) bond motifs is 2. The monoisotopic (exact) mass is 611 g/mol. The molecule has 0 fully saturated rings. The van der Waals surface area contributed by atoms with Crippen LogP contribution in [0.3, 0.4) is 0 Å². The fraction of sp³-hybridized carbons (Fsp3) is 0.189. The molecule has 1 aliphatic heterocycles. The van der Waals surface area contributed by atoms with Crippen LogP contribution >= 0.6 is 15.9 Å². The first-order valence-corrected chi connectivity index (χ1v) is 15.1. The summed E-state index contributed by atoms with van der Waals surface area (Å²) in [6.45, 7) is 10.5. The molecule has 0 N–H and O–H groups in total. The van der Waals surface area contributed by atoms with E-state index in [0.717, 1.165) is 28.1 Å². The van der Waals surface area contributed by atoms with Crippen LogP contribution in [0.5, 0.6) is 0 Å². The van der Waals surface area contributed by atoms with Crippen LogP contribution in [0.4, 0.5) is 11.4 Å². The second-order valence-electron chi connectivity index (χ2n) is 11.4. The van der Waals surface area contributed by atoms with Crippen LogP contribution in [0.2, 0.25) is 0 Å². The van der Waals surface area contributed by atoms with E-state index in [1.54, 1.807) is 6.07 Å². The summed E-state index contributed by atoms with van der Waals surface area (Å²) in [5.74, 6) is -0.572. The third kappa shape index (κ3) is 5.01. The summed E-state index contributed by atoms with van der Waals surface area (Å²) >= 11 is 3.67. The Labute approximate surface area is 257 Å². The predicted molar refractivity (Wildman–Crippen MR) is 177 cm³/mol. The number of anilines is 2. The average molecular weight is 612 g/mol. The Hall–Kier alpha value is -3.96. The number of allylic oxidation sites excluding steroid dienone is 7. The van der Waals surface area contributed by atoms with Crippen molar-refractivity contribution in [1.82, 2.24) is 0 Å². The zero-order chi connectivity index (χ0) is 29.7. The van der Waals surface area contributed by atoms with E-state index in [9.17, 15) is 9.59 Å². The van der Waals surface area contributed by atoms with E-state index in [1.807, 2.05) is 44.2 Å². The van der Waals surface area contributed by atoms with Gasteiger partial charge < -0.3 is 4.90 Å². The summed E-state index contributed by atoms with van der Waals surface area (Å²) in [5, 5.41) is 0. The zero-order valence-corrected chi connectivity index (χ0v) is 25.6. The molecule has 2 radical (unpaired) electrons. The van der Waals surface area contributed by atoms with Gasteiger partial charge in [-0.25, -0.2) is 0 Å². The summed E-state index contributed by atoms with van der Waals surface area (Å²) in [4.78, 5) is 30.4. The molecule has 3 aliphatic rings. The maximum absolute atomic E-state index is 14.5. The minimum atomic E-state index is -0.426. The van der Waals surface area contributed by atoms with Gasteiger partial charge in [-0.05, 0) is 49.3 Å². The summed E-state index contributed by atoms with van der Waals surface area (Å²) in [6.07, 6.45) is 10.1. The lowest BCUT2D eigenvalue weighted by Crippen LogP contribution is -2.42. The van der Waals surface area contributed by atoms with Crippen LogP contribution < -0.4 is 10.4 Å². The first-order valence-electron chi connectivity index (χ1n) is 14.2. The number of rotatable bonds is 5. The Bertz CT molecular complexity index is 1740. The number of nitrogens with zero attached hydrogens (tertiary/aromatic N) is 1. The molecule has 0 saturated heterocycles. The lowest BCUT2D eigenvalue weighted by molar-refractivity contribution is -0.112. The first kappa shape index (κ1) is 28.2. The van der Waals surface area contributed by atoms with Gasteiger partial charge in [0.05, 0.1) is 16.6 Å². The lowest BCUT2D eigenvalue weighted by atomic mass is 9.74. The maximum atomic E-state index is 14.5. The van der Waals surface area contributed by atoms with E-state index in [-0.39, 0.29) is 28.2 Å². The molecule has 3 aromatic rings. The third-order valence-electron chi connectivity index (χ3n) is 8.44. The van der Waals surface area contributed by atoms with Crippen LogP contribution in [-0.2, 0) is 4.79 Å². The van der Waals surface area contributed by atoms with Crippen molar-refractivity contribution in [2.75, 3.05) is 4.90 Å². The first-order chi connectivity index (χ1) is 20.1. The van der Waals surface area contributed by atoms with Crippen molar-refractivity contribution in [3.05, 3.63) is 143 Å². The maximum Gasteiger partial charge on any atom is 0.193 e. The van der Waals surface area contributed by atoms with E-state index in [4.69, 9.17) is 7.85 Å². The van der Waals surface area contributed by atoms with Crippen molar-refractivity contribution >= 4 is 57.8 Å². The van der Waals surface area contributed by atoms with Crippen LogP contribution in [0.15, 0.2) is 120 Å². The molecule has 1 heterocycles. The molecule has 42 heavy (non-hydrogen) atoms. The molecule has 0 aromatic heterocycles. The minimum absolute atomic E-state index is 0.0238. The van der Waals surface area contributed by atoms with Gasteiger partial charge in [-0.1, -0.05) is 119 Å². The SMILES string of the molecule is [B]c1ccc2c(c1)C(=O)C1=CC(C)C(C(=O)C3=CC(Br)C=CC3C(=C)c3ccc(C)cc3)=CC1N2c1ccc(C)cc1. The molecule has 206 valence electrons. The Morgan fingerprint density at radius 1 is 0.881 bits per heavy atom. The van der Waals surface area contributed by atoms with Crippen LogP contribution in [0, 0.1) is 25.7 Å². The van der Waals surface area contributed by atoms with Crippen LogP contribution in [-0.4, -0.2) is 30.3 Å². The fourth-order valence-corrected chi connectivity index (χ4v) is 6.58. The molecule has 0 spiro atoms. The van der Waals surface area contributed by atoms with E-state index in [2.05, 4.69) is 95.0 Å². The van der Waals surface area contributed by atoms with Gasteiger partial charge in [0.2, 0.25) is 0 Å². The van der Waals surface area contributed by atoms with E-state index >= 15 is 0 Å². The van der Waals surface area contributed by atoms with Gasteiger partial charge in [0.25, 0.3) is 0 Å². The number of carbonyl (C=O) groups is 2. The van der Waals surface area contributed by atoms with Gasteiger partial charge >= 0.3 is 0 Å². The van der Waals surface area contributed by atoms with Gasteiger partial charge in [0, 0.05) is 39.8 Å². The second kappa shape index (κ2) is 11.0. The quantitative estimate of drug-likeness (QED) is 0.171. The van der Waals surface area contributed by atoms with Gasteiger partial charge in [-0.3, -0.25) is 9.59 Å². The molecule has 0 amide bonds. The van der Waals surface area contributed by atoms with Gasteiger partial charge in [0.15, 0.2) is 11.6 Å². The van der Waals surface area contributed by atoms with Crippen molar-refractivity contribution in [1.29, 1.82) is 0 Å². The number of Topliss-reactive ketones (excluding diaryl/α,β-unsaturated/α-hetero) is 2. The molecule has 5 heteroatoms. The minimum Gasteiger partial charge on any atom is -0.330 e. The molecule has 4 atom stereocenters. The highest BCUT2D eigenvalue weighted by atomic mass is 79.9. The highest BCUT2D eigenvalue weighted by Crippen LogP contribution is 2.44. The molecule has 3 nitrogen and oxygen atoms in total. The Morgan fingerprint density at radius 3 is 2.24 bits per heavy atom. The number of ketones is 2. The molecule has 6 rings (SSSR count). The van der Waals surface area contributed by atoms with Crippen molar-refractivity contribution < 1.29 is 9.59 Å². The highest BCUT2D eigenvalue weighted by molar-refractivity contribution is 9.09. The Balaban J connectivity index is 1.43. The van der Waals surface area contributed by atoms with E-state index in [1.165, 1.54) is 5.56 Å². The van der Waals surface area contributed by atoms with Crippen molar-refractivity contribution in [3.8, 4) is 0 Å². The van der Waals surface area contributed by atoms with Gasteiger partial charge in [-0.2, -0.15) is 0 Å². The van der Waals surface area contributed by atoms with E-state index < -0.39 is 6.04 Å². The largest absolute Gasteiger partial charge is 0.330 e. The molecule has 3 aromatic carbocycles. The molecular formula is C37H31BBrNO2. The standard InChI is InChI=1S/C37H31BBrNO2/c1-21-5-9-25(10-6-21)24(4)29-15-12-27(39)19-31(29)36(41)30-20-35-32(17-23(30)3)37(42)33-18-26(38)11-16-34(33)40(35)28-13-7-22(2)8-14-28/h5-20,23,27,29,35H,4H2,1-3H3. The van der Waals surface area contributed by atoms with Gasteiger partial charge in [-0.15, -0.1) is 0 Å². The number of hydrogen-bond donors (Lipinski definition) is 0. The summed E-state index contributed by atoms with van der Waals surface area (Å²) in [6, 6.07) is 21.5. The molecule has 2 aliphatic carbocycles. The summed E-state index contributed by atoms with van der Waals surface area (Å²) < 4.78 is 0. The summed E-state index contributed by atoms with van der Waals surface area (Å²) in [5.41, 5.74) is 9.08. The number of halogens is 1. The number of carbonyl (C=O) groups excluding carboxylic acids is 2. The number of alkyl halides is 1. The number of hydrogen-bond acceptors (Lipinski definition) is 3. The average Bonchev–Trinajstić information content (AvgIpc) is 2.98. The zero-order valence-electron chi connectivity index (χ0n) is 24.0. The van der Waals surface area contributed by atoms with Crippen molar-refractivity contribution in [2.45, 2.75) is 31.6 Å². The van der Waals surface area contributed by atoms with E-state index in [0.29, 0.717) is 27.7 Å². The third-order valence-corrected chi connectivity index (χ3v) is 9.01. The van der Waals surface area contributed by atoms with Crippen LogP contribution in [0.25, 0.3) is 5.57 Å². The Morgan fingerprint density at radius 2 is 1.55 bits per heavy atom. The number of aryl methyl sites for hydroxylation is 2. The Kier molecular flexibility index (Phi) is 7.40. The normalized spacial score (nSPS) is 22.9. The fourth-order valence-electron chi connectivity index (χ4n) is 6.12. The summed E-state index contributed by atoms with van der Waals surface area (Å²) in [7, 11) is 6.12. The van der Waals surface area contributed by atoms with Gasteiger partial charge in [0.1, 0.15) is 7.85 Å². The smallest absolute Gasteiger partial charge is 0.193 e. The molecular weight excluding hydrogens is 581 g/mol. The topological polar surface area (TPSA) is 37.4 Å². The molecule has 0 saturated carbocycles. The predicted octanol–water partition coefficient (Wildman–Crippen LogP) is 7.46.